The molecule has 0 aliphatic heterocycles. The highest BCUT2D eigenvalue weighted by molar-refractivity contribution is 5.13. The van der Waals surface area contributed by atoms with Crippen molar-refractivity contribution in [1.29, 1.82) is 0 Å². The molecule has 0 fully saturated rings. The average molecular weight is 248 g/mol. The van der Waals surface area contributed by atoms with Crippen LogP contribution in [0.2, 0.25) is 0 Å². The number of furan rings is 1. The molecule has 0 atom stereocenters. The molecule has 0 saturated carbocycles. The van der Waals surface area contributed by atoms with Crippen molar-refractivity contribution in [3.8, 4) is 12.3 Å². The lowest BCUT2D eigenvalue weighted by atomic mass is 10.1. The highest BCUT2D eigenvalue weighted by Crippen LogP contribution is 2.11. The summed E-state index contributed by atoms with van der Waals surface area (Å²) in [5.74, 6) is 3.63. The third-order valence-electron chi connectivity index (χ3n) is 2.67. The Hall–Kier alpha value is -1.24. The van der Waals surface area contributed by atoms with Crippen LogP contribution in [0.5, 0.6) is 0 Å². The third-order valence-corrected chi connectivity index (χ3v) is 2.67. The predicted octanol–water partition coefficient (Wildman–Crippen LogP) is 2.62. The Morgan fingerprint density at radius 2 is 2.17 bits per heavy atom. The van der Waals surface area contributed by atoms with Crippen molar-refractivity contribution < 1.29 is 4.42 Å². The van der Waals surface area contributed by atoms with Crippen LogP contribution in [0.25, 0.3) is 0 Å². The molecule has 1 heterocycles. The minimum absolute atomic E-state index is 0.121. The van der Waals surface area contributed by atoms with Gasteiger partial charge >= 0.3 is 0 Å². The summed E-state index contributed by atoms with van der Waals surface area (Å²) in [5, 5.41) is 3.44. The first-order valence-electron chi connectivity index (χ1n) is 6.41. The van der Waals surface area contributed by atoms with Gasteiger partial charge in [-0.25, -0.2) is 0 Å². The molecule has 1 N–H and O–H groups in total. The minimum Gasteiger partial charge on any atom is -0.468 e. The summed E-state index contributed by atoms with van der Waals surface area (Å²) in [6.45, 7) is 11.7. The van der Waals surface area contributed by atoms with Gasteiger partial charge in [0.2, 0.25) is 0 Å². The van der Waals surface area contributed by atoms with Gasteiger partial charge in [0.05, 0.1) is 19.4 Å². The highest BCUT2D eigenvalue weighted by Gasteiger charge is 2.11. The van der Waals surface area contributed by atoms with E-state index in [1.54, 1.807) is 0 Å². The van der Waals surface area contributed by atoms with Gasteiger partial charge in [0.25, 0.3) is 0 Å². The van der Waals surface area contributed by atoms with Crippen LogP contribution in [-0.2, 0) is 13.1 Å². The van der Waals surface area contributed by atoms with Crippen LogP contribution in [0.15, 0.2) is 16.7 Å². The van der Waals surface area contributed by atoms with Crippen LogP contribution in [0, 0.1) is 12.3 Å². The predicted molar refractivity (Wildman–Crippen MR) is 75.1 cm³/mol. The van der Waals surface area contributed by atoms with E-state index in [1.165, 1.54) is 5.56 Å². The first kappa shape index (κ1) is 14.8. The molecule has 1 aromatic rings. The largest absolute Gasteiger partial charge is 0.468 e. The molecule has 1 aromatic heterocycles. The SMILES string of the molecule is C#CCN(CC)Cc1cc(CNC(C)(C)C)co1. The van der Waals surface area contributed by atoms with Crippen LogP contribution in [0.3, 0.4) is 0 Å². The number of rotatable bonds is 6. The fourth-order valence-electron chi connectivity index (χ4n) is 1.60. The molecule has 3 heteroatoms. The van der Waals surface area contributed by atoms with E-state index in [-0.39, 0.29) is 5.54 Å². The summed E-state index contributed by atoms with van der Waals surface area (Å²) in [6, 6.07) is 2.10. The van der Waals surface area contributed by atoms with Gasteiger partial charge in [-0.2, -0.15) is 0 Å². The molecule has 1 rings (SSSR count). The maximum absolute atomic E-state index is 5.56. The van der Waals surface area contributed by atoms with Crippen LogP contribution in [0.4, 0.5) is 0 Å². The molecule has 0 aliphatic rings. The smallest absolute Gasteiger partial charge is 0.118 e. The molecular weight excluding hydrogens is 224 g/mol. The summed E-state index contributed by atoms with van der Waals surface area (Å²) in [5.41, 5.74) is 1.30. The molecule has 18 heavy (non-hydrogen) atoms. The van der Waals surface area contributed by atoms with Crippen LogP contribution >= 0.6 is 0 Å². The van der Waals surface area contributed by atoms with Crippen LogP contribution in [0.1, 0.15) is 39.0 Å². The van der Waals surface area contributed by atoms with E-state index in [9.17, 15) is 0 Å². The quantitative estimate of drug-likeness (QED) is 0.784. The van der Waals surface area contributed by atoms with Crippen molar-refractivity contribution in [2.45, 2.75) is 46.3 Å². The number of nitrogens with one attached hydrogen (secondary N) is 1. The lowest BCUT2D eigenvalue weighted by molar-refractivity contribution is 0.285. The van der Waals surface area contributed by atoms with Crippen molar-refractivity contribution in [3.63, 3.8) is 0 Å². The second kappa shape index (κ2) is 6.63. The molecule has 3 nitrogen and oxygen atoms in total. The summed E-state index contributed by atoms with van der Waals surface area (Å²) in [6.07, 6.45) is 7.14. The number of nitrogens with zero attached hydrogens (tertiary/aromatic N) is 1. The number of hydrogen-bond acceptors (Lipinski definition) is 3. The highest BCUT2D eigenvalue weighted by atomic mass is 16.3. The van der Waals surface area contributed by atoms with Crippen molar-refractivity contribution in [2.75, 3.05) is 13.1 Å². The Bertz CT molecular complexity index is 395. The fourth-order valence-corrected chi connectivity index (χ4v) is 1.60. The second-order valence-corrected chi connectivity index (χ2v) is 5.53. The lowest BCUT2D eigenvalue weighted by Crippen LogP contribution is -2.34. The first-order valence-corrected chi connectivity index (χ1v) is 6.41. The van der Waals surface area contributed by atoms with Gasteiger partial charge in [0.1, 0.15) is 5.76 Å². The van der Waals surface area contributed by atoms with E-state index in [1.807, 2.05) is 6.26 Å². The Kier molecular flexibility index (Phi) is 5.46. The summed E-state index contributed by atoms with van der Waals surface area (Å²) in [4.78, 5) is 2.17. The Labute approximate surface area is 111 Å². The molecule has 0 saturated heterocycles. The van der Waals surface area contributed by atoms with Gasteiger partial charge < -0.3 is 9.73 Å². The van der Waals surface area contributed by atoms with Crippen molar-refractivity contribution in [3.05, 3.63) is 23.7 Å². The maximum atomic E-state index is 5.56. The topological polar surface area (TPSA) is 28.4 Å². The van der Waals surface area contributed by atoms with Gasteiger partial charge in [-0.15, -0.1) is 6.42 Å². The summed E-state index contributed by atoms with van der Waals surface area (Å²) in [7, 11) is 0. The maximum Gasteiger partial charge on any atom is 0.118 e. The Morgan fingerprint density at radius 1 is 1.44 bits per heavy atom. The normalized spacial score (nSPS) is 11.8. The van der Waals surface area contributed by atoms with Crippen LogP contribution < -0.4 is 5.32 Å². The van der Waals surface area contributed by atoms with Crippen LogP contribution in [-0.4, -0.2) is 23.5 Å². The molecular formula is C15H24N2O. The molecule has 0 unspecified atom stereocenters. The summed E-state index contributed by atoms with van der Waals surface area (Å²) >= 11 is 0. The van der Waals surface area contributed by atoms with Gasteiger partial charge in [0, 0.05) is 17.6 Å². The van der Waals surface area contributed by atoms with E-state index >= 15 is 0 Å². The van der Waals surface area contributed by atoms with Crippen molar-refractivity contribution in [2.24, 2.45) is 0 Å². The minimum atomic E-state index is 0.121. The van der Waals surface area contributed by atoms with Gasteiger partial charge in [-0.1, -0.05) is 12.8 Å². The average Bonchev–Trinajstić information content (AvgIpc) is 2.73. The van der Waals surface area contributed by atoms with E-state index in [4.69, 9.17) is 10.8 Å². The third kappa shape index (κ3) is 5.39. The fraction of sp³-hybridized carbons (Fsp3) is 0.600. The van der Waals surface area contributed by atoms with E-state index in [0.717, 1.165) is 25.4 Å². The van der Waals surface area contributed by atoms with Crippen molar-refractivity contribution >= 4 is 0 Å². The molecule has 0 spiro atoms. The molecule has 0 bridgehead atoms. The monoisotopic (exact) mass is 248 g/mol. The standard InChI is InChI=1S/C15H24N2O/c1-6-8-17(7-2)11-14-9-13(12-18-14)10-16-15(3,4)5/h1,9,12,16H,7-8,10-11H2,2-5H3. The van der Waals surface area contributed by atoms with E-state index in [0.29, 0.717) is 6.54 Å². The lowest BCUT2D eigenvalue weighted by Gasteiger charge is -2.19. The first-order chi connectivity index (χ1) is 8.44. The number of terminal acetylenes is 1. The van der Waals surface area contributed by atoms with Crippen molar-refractivity contribution in [1.82, 2.24) is 10.2 Å². The second-order valence-electron chi connectivity index (χ2n) is 5.53. The number of hydrogen-bond donors (Lipinski definition) is 1. The van der Waals surface area contributed by atoms with E-state index < -0.39 is 0 Å². The van der Waals surface area contributed by atoms with Gasteiger partial charge in [-0.05, 0) is 33.4 Å². The van der Waals surface area contributed by atoms with E-state index in [2.05, 4.69) is 49.9 Å². The molecule has 0 aliphatic carbocycles. The zero-order chi connectivity index (χ0) is 13.6. The Morgan fingerprint density at radius 3 is 2.72 bits per heavy atom. The van der Waals surface area contributed by atoms with Gasteiger partial charge in [0.15, 0.2) is 0 Å². The molecule has 0 radical (unpaired) electrons. The zero-order valence-corrected chi connectivity index (χ0v) is 11.9. The Balaban J connectivity index is 2.50. The molecule has 0 aromatic carbocycles. The molecule has 0 amide bonds. The zero-order valence-electron chi connectivity index (χ0n) is 11.9. The van der Waals surface area contributed by atoms with Gasteiger partial charge in [-0.3, -0.25) is 4.90 Å². The summed E-state index contributed by atoms with van der Waals surface area (Å²) < 4.78 is 5.56. The molecule has 100 valence electrons.